The summed E-state index contributed by atoms with van der Waals surface area (Å²) in [6, 6.07) is 12.0. The SMILES string of the molecule is COc1cccc(-c2cnc3c(N4CCN(Cc5ccco5)CC4)nccn23)c1.O=C(O)C(F)(F)F. The number of benzene rings is 1. The molecule has 3 aromatic heterocycles. The van der Waals surface area contributed by atoms with E-state index >= 15 is 0 Å². The topological polar surface area (TPSA) is 96.3 Å². The average Bonchev–Trinajstić information content (AvgIpc) is 3.54. The zero-order valence-electron chi connectivity index (χ0n) is 19.4. The predicted octanol–water partition coefficient (Wildman–Crippen LogP) is 3.95. The molecule has 9 nitrogen and oxygen atoms in total. The molecule has 5 rings (SSSR count). The Balaban J connectivity index is 0.000000384. The summed E-state index contributed by atoms with van der Waals surface area (Å²) in [7, 11) is 1.68. The molecule has 0 saturated carbocycles. The fraction of sp³-hybridized carbons (Fsp3) is 0.292. The van der Waals surface area contributed by atoms with Crippen molar-refractivity contribution in [1.82, 2.24) is 19.3 Å². The number of ether oxygens (including phenoxy) is 1. The van der Waals surface area contributed by atoms with Gasteiger partial charge in [0.1, 0.15) is 11.5 Å². The molecule has 1 saturated heterocycles. The number of methoxy groups -OCH3 is 1. The van der Waals surface area contributed by atoms with Gasteiger partial charge in [0.05, 0.1) is 31.8 Å². The minimum Gasteiger partial charge on any atom is -0.497 e. The van der Waals surface area contributed by atoms with Crippen LogP contribution in [-0.2, 0) is 11.3 Å². The molecule has 1 fully saturated rings. The fourth-order valence-corrected chi connectivity index (χ4v) is 3.87. The Labute approximate surface area is 204 Å². The van der Waals surface area contributed by atoms with E-state index in [9.17, 15) is 13.2 Å². The number of aromatic nitrogens is 3. The number of anilines is 1. The van der Waals surface area contributed by atoms with Gasteiger partial charge in [-0.1, -0.05) is 12.1 Å². The smallest absolute Gasteiger partial charge is 0.490 e. The second-order valence-electron chi connectivity index (χ2n) is 7.97. The van der Waals surface area contributed by atoms with Crippen molar-refractivity contribution < 1.29 is 32.2 Å². The Morgan fingerprint density at radius 2 is 1.89 bits per heavy atom. The number of halogens is 3. The van der Waals surface area contributed by atoms with E-state index in [1.165, 1.54) is 0 Å². The highest BCUT2D eigenvalue weighted by Gasteiger charge is 2.38. The maximum atomic E-state index is 10.6. The zero-order chi connectivity index (χ0) is 25.7. The molecule has 4 aromatic rings. The van der Waals surface area contributed by atoms with Gasteiger partial charge < -0.3 is 19.2 Å². The molecule has 0 bridgehead atoms. The number of hydrogen-bond acceptors (Lipinski definition) is 7. The summed E-state index contributed by atoms with van der Waals surface area (Å²) in [6.07, 6.45) is 2.37. The summed E-state index contributed by atoms with van der Waals surface area (Å²) in [4.78, 5) is 23.0. The van der Waals surface area contributed by atoms with Crippen LogP contribution in [0.1, 0.15) is 5.76 Å². The van der Waals surface area contributed by atoms with Gasteiger partial charge in [-0.25, -0.2) is 14.8 Å². The summed E-state index contributed by atoms with van der Waals surface area (Å²) in [6.45, 7) is 4.60. The molecule has 1 N–H and O–H groups in total. The molecule has 1 aliphatic rings. The van der Waals surface area contributed by atoms with Crippen molar-refractivity contribution in [3.8, 4) is 17.0 Å². The maximum Gasteiger partial charge on any atom is 0.490 e. The van der Waals surface area contributed by atoms with Gasteiger partial charge in [-0.3, -0.25) is 9.30 Å². The Morgan fingerprint density at radius 3 is 2.53 bits per heavy atom. The predicted molar refractivity (Wildman–Crippen MR) is 125 cm³/mol. The van der Waals surface area contributed by atoms with Gasteiger partial charge in [-0.2, -0.15) is 13.2 Å². The molecule has 0 unspecified atom stereocenters. The molecule has 0 aliphatic carbocycles. The third kappa shape index (κ3) is 5.77. The van der Waals surface area contributed by atoms with Gasteiger partial charge >= 0.3 is 12.1 Å². The summed E-state index contributed by atoms with van der Waals surface area (Å²) < 4.78 is 44.7. The second kappa shape index (κ2) is 10.7. The molecule has 1 aliphatic heterocycles. The zero-order valence-corrected chi connectivity index (χ0v) is 19.4. The Morgan fingerprint density at radius 1 is 1.14 bits per heavy atom. The van der Waals surface area contributed by atoms with Crippen molar-refractivity contribution in [3.63, 3.8) is 0 Å². The minimum atomic E-state index is -5.08. The number of hydrogen-bond donors (Lipinski definition) is 1. The van der Waals surface area contributed by atoms with Crippen LogP contribution in [0, 0.1) is 0 Å². The van der Waals surface area contributed by atoms with Crippen LogP contribution in [0.15, 0.2) is 65.7 Å². The van der Waals surface area contributed by atoms with Crippen molar-refractivity contribution in [2.24, 2.45) is 0 Å². The number of nitrogens with zero attached hydrogens (tertiary/aromatic N) is 5. The normalized spacial score (nSPS) is 14.4. The Kier molecular flexibility index (Phi) is 7.44. The number of fused-ring (bicyclic) bond motifs is 1. The third-order valence-electron chi connectivity index (χ3n) is 5.65. The van der Waals surface area contributed by atoms with Crippen LogP contribution in [0.3, 0.4) is 0 Å². The van der Waals surface area contributed by atoms with Crippen LogP contribution in [0.2, 0.25) is 0 Å². The highest BCUT2D eigenvalue weighted by molar-refractivity contribution is 5.73. The average molecular weight is 503 g/mol. The lowest BCUT2D eigenvalue weighted by Crippen LogP contribution is -2.46. The third-order valence-corrected chi connectivity index (χ3v) is 5.65. The number of carboxylic acids is 1. The first-order valence-corrected chi connectivity index (χ1v) is 11.0. The lowest BCUT2D eigenvalue weighted by atomic mass is 10.1. The molecule has 12 heteroatoms. The molecular weight excluding hydrogens is 479 g/mol. The van der Waals surface area contributed by atoms with Crippen LogP contribution >= 0.6 is 0 Å². The highest BCUT2D eigenvalue weighted by Crippen LogP contribution is 2.28. The summed E-state index contributed by atoms with van der Waals surface area (Å²) >= 11 is 0. The summed E-state index contributed by atoms with van der Waals surface area (Å²) in [5.74, 6) is 0.0149. The summed E-state index contributed by atoms with van der Waals surface area (Å²) in [5, 5.41) is 7.12. The number of aliphatic carboxylic acids is 1. The number of alkyl halides is 3. The summed E-state index contributed by atoms with van der Waals surface area (Å²) in [5.41, 5.74) is 2.97. The monoisotopic (exact) mass is 503 g/mol. The van der Waals surface area contributed by atoms with E-state index in [0.29, 0.717) is 0 Å². The van der Waals surface area contributed by atoms with Crippen molar-refractivity contribution in [1.29, 1.82) is 0 Å². The second-order valence-corrected chi connectivity index (χ2v) is 7.97. The molecule has 36 heavy (non-hydrogen) atoms. The van der Waals surface area contributed by atoms with Gasteiger partial charge in [-0.05, 0) is 24.3 Å². The van der Waals surface area contributed by atoms with Gasteiger partial charge in [0.15, 0.2) is 11.5 Å². The maximum absolute atomic E-state index is 10.6. The number of imidazole rings is 1. The molecule has 0 radical (unpaired) electrons. The van der Waals surface area contributed by atoms with Gasteiger partial charge in [0.25, 0.3) is 0 Å². The molecular formula is C24H24F3N5O4. The van der Waals surface area contributed by atoms with Gasteiger partial charge in [0.2, 0.25) is 0 Å². The first-order chi connectivity index (χ1) is 17.3. The van der Waals surface area contributed by atoms with E-state index in [2.05, 4.69) is 25.3 Å². The van der Waals surface area contributed by atoms with E-state index < -0.39 is 12.1 Å². The number of carbonyl (C=O) groups is 1. The van der Waals surface area contributed by atoms with Crippen LogP contribution in [0.4, 0.5) is 19.0 Å². The standard InChI is InChI=1S/C22H23N5O2.C2HF3O2/c1-28-18-5-2-4-17(14-18)20-15-24-22-21(23-7-8-27(20)22)26-11-9-25(10-12-26)16-19-6-3-13-29-19;3-2(4,5)1(6)7/h2-8,13-15H,9-12,16H2,1H3;(H,6,7). The largest absolute Gasteiger partial charge is 0.497 e. The molecule has 1 aromatic carbocycles. The molecule has 4 heterocycles. The van der Waals surface area contributed by atoms with E-state index in [1.807, 2.05) is 48.9 Å². The van der Waals surface area contributed by atoms with Crippen LogP contribution < -0.4 is 9.64 Å². The molecule has 0 atom stereocenters. The van der Waals surface area contributed by atoms with Crippen LogP contribution in [0.25, 0.3) is 16.9 Å². The van der Waals surface area contributed by atoms with Crippen LogP contribution in [-0.4, -0.2) is 69.8 Å². The highest BCUT2D eigenvalue weighted by atomic mass is 19.4. The lowest BCUT2D eigenvalue weighted by Gasteiger charge is -2.34. The lowest BCUT2D eigenvalue weighted by molar-refractivity contribution is -0.192. The van der Waals surface area contributed by atoms with E-state index in [0.717, 1.165) is 67.0 Å². The first-order valence-electron chi connectivity index (χ1n) is 11.0. The van der Waals surface area contributed by atoms with E-state index in [1.54, 1.807) is 13.4 Å². The number of furan rings is 1. The Hall–Kier alpha value is -4.06. The van der Waals surface area contributed by atoms with Crippen molar-refractivity contribution in [2.45, 2.75) is 12.7 Å². The number of rotatable bonds is 5. The molecule has 190 valence electrons. The van der Waals surface area contributed by atoms with Gasteiger partial charge in [-0.15, -0.1) is 0 Å². The number of carboxylic acid groups (broad SMARTS) is 1. The van der Waals surface area contributed by atoms with Crippen molar-refractivity contribution in [3.05, 3.63) is 67.0 Å². The first kappa shape index (κ1) is 25.0. The fourth-order valence-electron chi connectivity index (χ4n) is 3.87. The van der Waals surface area contributed by atoms with Crippen molar-refractivity contribution >= 4 is 17.4 Å². The van der Waals surface area contributed by atoms with E-state index in [-0.39, 0.29) is 0 Å². The molecule has 0 spiro atoms. The van der Waals surface area contributed by atoms with Gasteiger partial charge in [0, 0.05) is 44.1 Å². The van der Waals surface area contributed by atoms with Crippen molar-refractivity contribution in [2.75, 3.05) is 38.2 Å². The van der Waals surface area contributed by atoms with E-state index in [4.69, 9.17) is 24.0 Å². The number of piperazine rings is 1. The minimum absolute atomic E-state index is 0.833. The van der Waals surface area contributed by atoms with Crippen LogP contribution in [0.5, 0.6) is 5.75 Å². The Bertz CT molecular complexity index is 1300. The quantitative estimate of drug-likeness (QED) is 0.437. The molecule has 0 amide bonds.